The van der Waals surface area contributed by atoms with Gasteiger partial charge >= 0.3 is 0 Å². The molecule has 1 unspecified atom stereocenters. The van der Waals surface area contributed by atoms with Gasteiger partial charge in [-0.25, -0.2) is 0 Å². The second kappa shape index (κ2) is 9.37. The van der Waals surface area contributed by atoms with Crippen LogP contribution in [0.25, 0.3) is 11.3 Å². The lowest BCUT2D eigenvalue weighted by atomic mass is 9.88. The molecule has 0 saturated carbocycles. The van der Waals surface area contributed by atoms with E-state index >= 15 is 0 Å². The number of pyridine rings is 1. The van der Waals surface area contributed by atoms with Gasteiger partial charge in [0.2, 0.25) is 5.13 Å². The van der Waals surface area contributed by atoms with Crippen LogP contribution in [-0.2, 0) is 6.42 Å². The second-order valence-corrected chi connectivity index (χ2v) is 8.60. The largest absolute Gasteiger partial charge is 0.496 e. The van der Waals surface area contributed by atoms with Crippen LogP contribution < -0.4 is 14.8 Å². The summed E-state index contributed by atoms with van der Waals surface area (Å²) in [6.07, 6.45) is 6.64. The summed E-state index contributed by atoms with van der Waals surface area (Å²) in [5.41, 5.74) is 4.31. The summed E-state index contributed by atoms with van der Waals surface area (Å²) in [6.45, 7) is 0.502. The number of ether oxygens (including phenoxy) is 2. The normalized spacial score (nSPS) is 15.0. The van der Waals surface area contributed by atoms with Crippen LogP contribution in [0.3, 0.4) is 0 Å². The van der Waals surface area contributed by atoms with Crippen molar-refractivity contribution in [2.45, 2.75) is 25.2 Å². The number of nitrogens with one attached hydrogen (secondary N) is 2. The van der Waals surface area contributed by atoms with Crippen molar-refractivity contribution in [2.75, 3.05) is 19.0 Å². The summed E-state index contributed by atoms with van der Waals surface area (Å²) in [4.78, 5) is 17.2. The van der Waals surface area contributed by atoms with Crippen molar-refractivity contribution >= 4 is 22.4 Å². The Bertz CT molecular complexity index is 1270. The van der Waals surface area contributed by atoms with Crippen LogP contribution in [0.5, 0.6) is 10.9 Å². The molecule has 0 spiro atoms. The number of hydrogen-bond acceptors (Lipinski definition) is 8. The summed E-state index contributed by atoms with van der Waals surface area (Å²) >= 11 is 1.20. The molecule has 0 saturated heterocycles. The fraction of sp³-hybridized carbons (Fsp3) is 0.261. The molecule has 5 rings (SSSR count). The van der Waals surface area contributed by atoms with Gasteiger partial charge in [-0.2, -0.15) is 5.10 Å². The smallest absolute Gasteiger partial charge is 0.295 e. The molecule has 3 heterocycles. The van der Waals surface area contributed by atoms with E-state index in [0.717, 1.165) is 24.8 Å². The van der Waals surface area contributed by atoms with Gasteiger partial charge in [0.15, 0.2) is 0 Å². The van der Waals surface area contributed by atoms with Crippen molar-refractivity contribution in [3.05, 3.63) is 65.6 Å². The predicted octanol–water partition coefficient (Wildman–Crippen LogP) is 4.08. The Labute approximate surface area is 194 Å². The molecular formula is C23H22N6O3S. The van der Waals surface area contributed by atoms with E-state index in [9.17, 15) is 4.79 Å². The molecule has 168 valence electrons. The van der Waals surface area contributed by atoms with Crippen LogP contribution in [0.1, 0.15) is 40.4 Å². The quantitative estimate of drug-likeness (QED) is 0.425. The number of anilines is 1. The zero-order valence-electron chi connectivity index (χ0n) is 17.9. The summed E-state index contributed by atoms with van der Waals surface area (Å²) < 4.78 is 11.3. The number of para-hydroxylation sites is 1. The van der Waals surface area contributed by atoms with Gasteiger partial charge < -0.3 is 9.47 Å². The van der Waals surface area contributed by atoms with Crippen LogP contribution in [0, 0.1) is 0 Å². The Kier molecular flexibility index (Phi) is 5.99. The van der Waals surface area contributed by atoms with Crippen molar-refractivity contribution in [1.29, 1.82) is 0 Å². The molecule has 10 heteroatoms. The topological polar surface area (TPSA) is 115 Å². The minimum absolute atomic E-state index is 0.277. The zero-order valence-corrected chi connectivity index (χ0v) is 18.8. The number of benzene rings is 1. The molecule has 33 heavy (non-hydrogen) atoms. The molecule has 1 aromatic carbocycles. The highest BCUT2D eigenvalue weighted by atomic mass is 32.1. The van der Waals surface area contributed by atoms with Crippen molar-refractivity contribution in [2.24, 2.45) is 0 Å². The number of hydrogen-bond donors (Lipinski definition) is 2. The van der Waals surface area contributed by atoms with Crippen LogP contribution in [0.4, 0.5) is 5.13 Å². The van der Waals surface area contributed by atoms with Crippen LogP contribution in [0.15, 0.2) is 48.8 Å². The first-order valence-electron chi connectivity index (χ1n) is 10.6. The molecule has 1 aliphatic rings. The number of aromatic amines is 1. The molecule has 2 N–H and O–H groups in total. The number of nitrogens with zero attached hydrogens (tertiary/aromatic N) is 4. The molecule has 0 aliphatic heterocycles. The van der Waals surface area contributed by atoms with Crippen LogP contribution in [0.2, 0.25) is 0 Å². The van der Waals surface area contributed by atoms with E-state index in [0.29, 0.717) is 33.9 Å². The maximum absolute atomic E-state index is 12.8. The van der Waals surface area contributed by atoms with Crippen molar-refractivity contribution < 1.29 is 14.3 Å². The maximum atomic E-state index is 12.8. The summed E-state index contributed by atoms with van der Waals surface area (Å²) in [5, 5.41) is 18.9. The van der Waals surface area contributed by atoms with Gasteiger partial charge in [0, 0.05) is 28.9 Å². The molecule has 3 aromatic heterocycles. The van der Waals surface area contributed by atoms with E-state index in [2.05, 4.69) is 30.7 Å². The van der Waals surface area contributed by atoms with E-state index in [1.54, 1.807) is 25.4 Å². The van der Waals surface area contributed by atoms with E-state index in [1.165, 1.54) is 22.6 Å². The van der Waals surface area contributed by atoms with E-state index in [4.69, 9.17) is 9.47 Å². The fourth-order valence-corrected chi connectivity index (χ4v) is 4.56. The lowest BCUT2D eigenvalue weighted by Crippen LogP contribution is -2.15. The number of H-pyrrole nitrogens is 1. The van der Waals surface area contributed by atoms with Gasteiger partial charge in [-0.05, 0) is 60.4 Å². The van der Waals surface area contributed by atoms with Gasteiger partial charge in [-0.1, -0.05) is 17.2 Å². The Morgan fingerprint density at radius 1 is 1.27 bits per heavy atom. The van der Waals surface area contributed by atoms with Gasteiger partial charge in [-0.15, -0.1) is 5.10 Å². The van der Waals surface area contributed by atoms with Gasteiger partial charge in [0.25, 0.3) is 11.1 Å². The standard InChI is InChI=1S/C23H22N6O3S/c1-31-20-8-3-2-6-16(20)19-11-14(9-10-24-19)21(30)26-22-28-29-23(33-22)32-13-15-5-4-7-18-17(15)12-25-27-18/h2-3,6,8-12,15H,4-5,7,13H2,1H3,(H,25,27)(H,26,28,30). The first-order valence-corrected chi connectivity index (χ1v) is 11.4. The molecular weight excluding hydrogens is 440 g/mol. The average molecular weight is 463 g/mol. The molecule has 9 nitrogen and oxygen atoms in total. The highest BCUT2D eigenvalue weighted by molar-refractivity contribution is 7.17. The molecule has 4 aromatic rings. The first-order chi connectivity index (χ1) is 16.2. The lowest BCUT2D eigenvalue weighted by molar-refractivity contribution is 0.102. The Hall–Kier alpha value is -3.79. The molecule has 1 amide bonds. The third-order valence-corrected chi connectivity index (χ3v) is 6.36. The third-order valence-electron chi connectivity index (χ3n) is 5.61. The number of aryl methyl sites for hydroxylation is 1. The van der Waals surface area contributed by atoms with Gasteiger partial charge in [0.05, 0.1) is 25.6 Å². The highest BCUT2D eigenvalue weighted by Gasteiger charge is 2.23. The average Bonchev–Trinajstić information content (AvgIpc) is 3.52. The minimum atomic E-state index is -0.299. The monoisotopic (exact) mass is 462 g/mol. The van der Waals surface area contributed by atoms with Crippen molar-refractivity contribution in [3.63, 3.8) is 0 Å². The second-order valence-electron chi connectivity index (χ2n) is 7.66. The van der Waals surface area contributed by atoms with Crippen molar-refractivity contribution in [1.82, 2.24) is 25.4 Å². The molecule has 1 aliphatic carbocycles. The number of carbonyl (C=O) groups is 1. The van der Waals surface area contributed by atoms with E-state index in [1.807, 2.05) is 30.5 Å². The molecule has 1 atom stereocenters. The number of carbonyl (C=O) groups excluding carboxylic acids is 1. The minimum Gasteiger partial charge on any atom is -0.496 e. The molecule has 0 bridgehead atoms. The highest BCUT2D eigenvalue weighted by Crippen LogP contribution is 2.32. The fourth-order valence-electron chi connectivity index (χ4n) is 3.96. The van der Waals surface area contributed by atoms with Gasteiger partial charge in [-0.3, -0.25) is 20.2 Å². The number of methoxy groups -OCH3 is 1. The van der Waals surface area contributed by atoms with E-state index < -0.39 is 0 Å². The van der Waals surface area contributed by atoms with Crippen LogP contribution in [-0.4, -0.2) is 45.0 Å². The van der Waals surface area contributed by atoms with E-state index in [-0.39, 0.29) is 11.8 Å². The number of rotatable bonds is 7. The number of aromatic nitrogens is 5. The number of fused-ring (bicyclic) bond motifs is 1. The number of amides is 1. The third kappa shape index (κ3) is 4.56. The van der Waals surface area contributed by atoms with Crippen molar-refractivity contribution in [3.8, 4) is 22.2 Å². The predicted molar refractivity (Wildman–Crippen MR) is 124 cm³/mol. The zero-order chi connectivity index (χ0) is 22.6. The SMILES string of the molecule is COc1ccccc1-c1cc(C(=O)Nc2nnc(OCC3CCCc4[nH]ncc43)s2)ccn1. The summed E-state index contributed by atoms with van der Waals surface area (Å²) in [5.74, 6) is 0.667. The Morgan fingerprint density at radius 3 is 3.09 bits per heavy atom. The molecule has 0 fully saturated rings. The lowest BCUT2D eigenvalue weighted by Gasteiger charge is -2.21. The summed E-state index contributed by atoms with van der Waals surface area (Å²) in [6, 6.07) is 10.9. The van der Waals surface area contributed by atoms with Gasteiger partial charge in [0.1, 0.15) is 5.75 Å². The Morgan fingerprint density at radius 2 is 2.18 bits per heavy atom. The van der Waals surface area contributed by atoms with Crippen LogP contribution >= 0.6 is 11.3 Å². The maximum Gasteiger partial charge on any atom is 0.295 e. The Balaban J connectivity index is 1.24. The first kappa shape index (κ1) is 21.1. The molecule has 0 radical (unpaired) electrons. The summed E-state index contributed by atoms with van der Waals surface area (Å²) in [7, 11) is 1.60.